The maximum Gasteiger partial charge on any atom is 0.308 e. The maximum atomic E-state index is 12.5. The number of nitro groups is 1. The highest BCUT2D eigenvalue weighted by Crippen LogP contribution is 2.34. The van der Waals surface area contributed by atoms with Crippen LogP contribution in [0.5, 0.6) is 5.75 Å². The molecule has 3 aromatic rings. The number of anilines is 1. The maximum absolute atomic E-state index is 12.5. The van der Waals surface area contributed by atoms with Crippen molar-refractivity contribution in [1.29, 1.82) is 0 Å². The number of nitro benzene ring substituents is 1. The van der Waals surface area contributed by atoms with Gasteiger partial charge in [0.15, 0.2) is 0 Å². The van der Waals surface area contributed by atoms with Crippen LogP contribution in [0, 0.1) is 17.0 Å². The van der Waals surface area contributed by atoms with E-state index in [1.54, 1.807) is 42.5 Å². The van der Waals surface area contributed by atoms with Crippen LogP contribution in [0.4, 0.5) is 11.4 Å². The summed E-state index contributed by atoms with van der Waals surface area (Å²) in [5.41, 5.74) is 2.30. The first-order valence-electron chi connectivity index (χ1n) is 11.1. The van der Waals surface area contributed by atoms with Crippen molar-refractivity contribution >= 4 is 35.1 Å². The molecule has 0 radical (unpaired) electrons. The molecule has 1 aliphatic rings. The van der Waals surface area contributed by atoms with Crippen LogP contribution in [0.1, 0.15) is 47.1 Å². The van der Waals surface area contributed by atoms with Crippen LogP contribution in [-0.2, 0) is 14.3 Å². The van der Waals surface area contributed by atoms with E-state index in [2.05, 4.69) is 10.4 Å². The average Bonchev–Trinajstić information content (AvgIpc) is 3.30. The third kappa shape index (κ3) is 5.61. The predicted octanol–water partition coefficient (Wildman–Crippen LogP) is 4.32. The number of ether oxygens (including phenoxy) is 2. The molecule has 11 nitrogen and oxygen atoms in total. The van der Waals surface area contributed by atoms with Crippen molar-refractivity contribution in [1.82, 2.24) is 5.01 Å². The Balaban J connectivity index is 1.59. The molecule has 0 saturated heterocycles. The highest BCUT2D eigenvalue weighted by Gasteiger charge is 2.35. The number of amides is 2. The lowest BCUT2D eigenvalue weighted by Gasteiger charge is -2.19. The van der Waals surface area contributed by atoms with E-state index in [-0.39, 0.29) is 28.8 Å². The molecule has 1 atom stereocenters. The fourth-order valence-electron chi connectivity index (χ4n) is 3.65. The summed E-state index contributed by atoms with van der Waals surface area (Å²) in [5.74, 6) is -1.49. The molecule has 3 aromatic carbocycles. The van der Waals surface area contributed by atoms with Crippen LogP contribution in [0.15, 0.2) is 71.8 Å². The molecular formula is C26H22N4O7. The zero-order chi connectivity index (χ0) is 26.7. The Kier molecular flexibility index (Phi) is 6.96. The van der Waals surface area contributed by atoms with Crippen molar-refractivity contribution in [2.75, 3.05) is 5.32 Å². The average molecular weight is 502 g/mol. The minimum absolute atomic E-state index is 0.00443. The number of esters is 1. The number of hydrogen-bond acceptors (Lipinski definition) is 8. The number of benzene rings is 3. The Bertz CT molecular complexity index is 1430. The predicted molar refractivity (Wildman–Crippen MR) is 133 cm³/mol. The van der Waals surface area contributed by atoms with Crippen molar-refractivity contribution in [3.63, 3.8) is 0 Å². The SMILES string of the molecule is CC(=O)Oc1ccc([N+](=O)[O-])cc1C1=NN(C(C)=O)C(c2ccc(NC(=O)c3cccc(C)c3)cc2)O1. The summed E-state index contributed by atoms with van der Waals surface area (Å²) in [6.07, 6.45) is -0.988. The van der Waals surface area contributed by atoms with Gasteiger partial charge >= 0.3 is 5.97 Å². The second-order valence-electron chi connectivity index (χ2n) is 8.22. The van der Waals surface area contributed by atoms with Gasteiger partial charge in [0, 0.05) is 42.8 Å². The second kappa shape index (κ2) is 10.3. The molecule has 1 heterocycles. The van der Waals surface area contributed by atoms with Crippen LogP contribution in [0.25, 0.3) is 0 Å². The molecule has 4 rings (SSSR count). The van der Waals surface area contributed by atoms with Crippen LogP contribution in [0.2, 0.25) is 0 Å². The Morgan fingerprint density at radius 3 is 2.41 bits per heavy atom. The standard InChI is InChI=1S/C26H22N4O7/c1-15-5-4-6-19(13-15)24(33)27-20-9-7-18(8-10-20)26-29(16(2)31)28-25(37-26)22-14-21(30(34)35)11-12-23(22)36-17(3)32/h4-14,26H,1-3H3,(H,27,33). The van der Waals surface area contributed by atoms with Crippen LogP contribution in [-0.4, -0.2) is 33.6 Å². The minimum atomic E-state index is -0.988. The highest BCUT2D eigenvalue weighted by molar-refractivity contribution is 6.04. The van der Waals surface area contributed by atoms with Gasteiger partial charge in [0.05, 0.1) is 10.5 Å². The third-order valence-electron chi connectivity index (χ3n) is 5.36. The summed E-state index contributed by atoms with van der Waals surface area (Å²) < 4.78 is 11.1. The topological polar surface area (TPSA) is 140 Å². The second-order valence-corrected chi connectivity index (χ2v) is 8.22. The van der Waals surface area contributed by atoms with Crippen molar-refractivity contribution in [2.45, 2.75) is 27.0 Å². The number of carbonyl (C=O) groups excluding carboxylic acids is 3. The van der Waals surface area contributed by atoms with Gasteiger partial charge in [0.25, 0.3) is 11.6 Å². The van der Waals surface area contributed by atoms with E-state index >= 15 is 0 Å². The Labute approximate surface area is 211 Å². The molecular weight excluding hydrogens is 480 g/mol. The van der Waals surface area contributed by atoms with Crippen molar-refractivity contribution in [2.24, 2.45) is 5.10 Å². The van der Waals surface area contributed by atoms with Crippen molar-refractivity contribution in [3.8, 4) is 5.75 Å². The summed E-state index contributed by atoms with van der Waals surface area (Å²) >= 11 is 0. The molecule has 1 unspecified atom stereocenters. The summed E-state index contributed by atoms with van der Waals surface area (Å²) in [6, 6.07) is 17.4. The first-order chi connectivity index (χ1) is 17.6. The fourth-order valence-corrected chi connectivity index (χ4v) is 3.65. The number of rotatable bonds is 6. The molecule has 0 aliphatic carbocycles. The molecule has 0 fully saturated rings. The number of aryl methyl sites for hydroxylation is 1. The molecule has 0 spiro atoms. The lowest BCUT2D eigenvalue weighted by molar-refractivity contribution is -0.384. The van der Waals surface area contributed by atoms with Crippen LogP contribution in [0.3, 0.4) is 0 Å². The number of non-ortho nitro benzene ring substituents is 1. The molecule has 11 heteroatoms. The summed E-state index contributed by atoms with van der Waals surface area (Å²) in [6.45, 7) is 4.37. The van der Waals surface area contributed by atoms with E-state index in [4.69, 9.17) is 9.47 Å². The molecule has 1 N–H and O–H groups in total. The van der Waals surface area contributed by atoms with E-state index in [1.165, 1.54) is 26.0 Å². The Hall–Kier alpha value is -5.06. The summed E-state index contributed by atoms with van der Waals surface area (Å²) in [7, 11) is 0. The zero-order valence-electron chi connectivity index (χ0n) is 20.1. The first-order valence-corrected chi connectivity index (χ1v) is 11.1. The molecule has 188 valence electrons. The molecule has 0 aromatic heterocycles. The number of carbonyl (C=O) groups is 3. The Morgan fingerprint density at radius 1 is 1.05 bits per heavy atom. The lowest BCUT2D eigenvalue weighted by Crippen LogP contribution is -2.25. The van der Waals surface area contributed by atoms with E-state index in [1.807, 2.05) is 13.0 Å². The van der Waals surface area contributed by atoms with E-state index < -0.39 is 23.0 Å². The van der Waals surface area contributed by atoms with Gasteiger partial charge in [0.1, 0.15) is 5.75 Å². The quantitative estimate of drug-likeness (QED) is 0.229. The molecule has 0 saturated carbocycles. The van der Waals surface area contributed by atoms with Gasteiger partial charge in [-0.15, -0.1) is 5.10 Å². The van der Waals surface area contributed by atoms with Gasteiger partial charge in [-0.05, 0) is 37.3 Å². The number of nitrogens with zero attached hydrogens (tertiary/aromatic N) is 3. The lowest BCUT2D eigenvalue weighted by atomic mass is 10.1. The van der Waals surface area contributed by atoms with Gasteiger partial charge in [0.2, 0.25) is 18.0 Å². The zero-order valence-corrected chi connectivity index (χ0v) is 20.1. The van der Waals surface area contributed by atoms with E-state index in [0.717, 1.165) is 16.6 Å². The fraction of sp³-hybridized carbons (Fsp3) is 0.154. The van der Waals surface area contributed by atoms with Crippen LogP contribution >= 0.6 is 0 Å². The van der Waals surface area contributed by atoms with Gasteiger partial charge in [-0.1, -0.05) is 29.8 Å². The highest BCUT2D eigenvalue weighted by atomic mass is 16.6. The minimum Gasteiger partial charge on any atom is -0.446 e. The number of hydrogen-bond donors (Lipinski definition) is 1. The third-order valence-corrected chi connectivity index (χ3v) is 5.36. The smallest absolute Gasteiger partial charge is 0.308 e. The summed E-state index contributed by atoms with van der Waals surface area (Å²) in [5, 5.41) is 19.4. The van der Waals surface area contributed by atoms with Gasteiger partial charge < -0.3 is 14.8 Å². The van der Waals surface area contributed by atoms with E-state index in [9.17, 15) is 24.5 Å². The van der Waals surface area contributed by atoms with Gasteiger partial charge in [-0.2, -0.15) is 5.01 Å². The number of hydrazone groups is 1. The van der Waals surface area contributed by atoms with E-state index in [0.29, 0.717) is 16.8 Å². The monoisotopic (exact) mass is 502 g/mol. The van der Waals surface area contributed by atoms with Crippen molar-refractivity contribution in [3.05, 3.63) is 99.1 Å². The largest absolute Gasteiger partial charge is 0.446 e. The number of nitrogens with one attached hydrogen (secondary N) is 1. The van der Waals surface area contributed by atoms with Gasteiger partial charge in [-0.3, -0.25) is 24.5 Å². The molecule has 1 aliphatic heterocycles. The van der Waals surface area contributed by atoms with Crippen molar-refractivity contribution < 1.29 is 28.8 Å². The first kappa shape index (κ1) is 25.0. The van der Waals surface area contributed by atoms with Crippen LogP contribution < -0.4 is 10.1 Å². The Morgan fingerprint density at radius 2 is 1.78 bits per heavy atom. The molecule has 0 bridgehead atoms. The molecule has 2 amide bonds. The normalized spacial score (nSPS) is 14.4. The van der Waals surface area contributed by atoms with Gasteiger partial charge in [-0.25, -0.2) is 0 Å². The molecule has 37 heavy (non-hydrogen) atoms. The summed E-state index contributed by atoms with van der Waals surface area (Å²) in [4.78, 5) is 47.1.